The lowest BCUT2D eigenvalue weighted by molar-refractivity contribution is -0.138. The Morgan fingerprint density at radius 3 is 2.44 bits per heavy atom. The second kappa shape index (κ2) is 5.97. The van der Waals surface area contributed by atoms with E-state index in [4.69, 9.17) is 20.3 Å². The number of carboxylic acids is 1. The molecular formula is C11H15NO4. The molecule has 0 saturated heterocycles. The lowest BCUT2D eigenvalue weighted by Gasteiger charge is -2.09. The monoisotopic (exact) mass is 225 g/mol. The number of methoxy groups -OCH3 is 1. The van der Waals surface area contributed by atoms with E-state index in [9.17, 15) is 4.79 Å². The van der Waals surface area contributed by atoms with E-state index in [1.807, 2.05) is 0 Å². The molecule has 0 aliphatic carbocycles. The molecule has 0 bridgehead atoms. The second-order valence-corrected chi connectivity index (χ2v) is 3.26. The van der Waals surface area contributed by atoms with Gasteiger partial charge in [0.15, 0.2) is 0 Å². The minimum absolute atomic E-state index is 0.278. The number of hydrogen-bond donors (Lipinski definition) is 2. The molecule has 0 aliphatic rings. The Bertz CT molecular complexity index is 336. The Morgan fingerprint density at radius 2 is 1.94 bits per heavy atom. The van der Waals surface area contributed by atoms with Crippen molar-refractivity contribution in [3.05, 3.63) is 24.3 Å². The molecule has 3 N–H and O–H groups in total. The fourth-order valence-corrected chi connectivity index (χ4v) is 1.10. The molecular weight excluding hydrogens is 210 g/mol. The normalized spacial score (nSPS) is 11.9. The smallest absolute Gasteiger partial charge is 0.320 e. The number of aliphatic carboxylic acids is 1. The van der Waals surface area contributed by atoms with Crippen LogP contribution in [0.2, 0.25) is 0 Å². The fourth-order valence-electron chi connectivity index (χ4n) is 1.10. The largest absolute Gasteiger partial charge is 0.497 e. The Labute approximate surface area is 93.8 Å². The molecule has 0 spiro atoms. The van der Waals surface area contributed by atoms with E-state index >= 15 is 0 Å². The van der Waals surface area contributed by atoms with Crippen LogP contribution in [0.15, 0.2) is 24.3 Å². The Hall–Kier alpha value is -1.75. The maximum atomic E-state index is 10.4. The van der Waals surface area contributed by atoms with Gasteiger partial charge in [0.05, 0.1) is 13.7 Å². The van der Waals surface area contributed by atoms with Crippen LogP contribution in [0.4, 0.5) is 0 Å². The van der Waals surface area contributed by atoms with Crippen molar-refractivity contribution in [3.63, 3.8) is 0 Å². The minimum atomic E-state index is -1.02. The number of benzene rings is 1. The number of carboxylic acid groups (broad SMARTS) is 1. The van der Waals surface area contributed by atoms with Gasteiger partial charge < -0.3 is 20.3 Å². The molecule has 0 aliphatic heterocycles. The van der Waals surface area contributed by atoms with Gasteiger partial charge in [0, 0.05) is 6.42 Å². The Kier molecular flexibility index (Phi) is 4.60. The molecule has 0 radical (unpaired) electrons. The van der Waals surface area contributed by atoms with Gasteiger partial charge in [0.2, 0.25) is 0 Å². The van der Waals surface area contributed by atoms with Gasteiger partial charge in [-0.25, -0.2) is 0 Å². The van der Waals surface area contributed by atoms with Crippen molar-refractivity contribution in [1.29, 1.82) is 0 Å². The SMILES string of the molecule is COc1ccc(OCC[C@@H](N)C(=O)O)cc1. The molecule has 0 unspecified atom stereocenters. The van der Waals surface area contributed by atoms with Crippen molar-refractivity contribution in [2.75, 3.05) is 13.7 Å². The zero-order chi connectivity index (χ0) is 12.0. The van der Waals surface area contributed by atoms with Gasteiger partial charge in [-0.15, -0.1) is 0 Å². The first kappa shape index (κ1) is 12.3. The molecule has 1 aromatic carbocycles. The molecule has 16 heavy (non-hydrogen) atoms. The summed E-state index contributed by atoms with van der Waals surface area (Å²) in [6.45, 7) is 0.278. The Balaban J connectivity index is 2.34. The standard InChI is InChI=1S/C11H15NO4/c1-15-8-2-4-9(5-3-8)16-7-6-10(12)11(13)14/h2-5,10H,6-7,12H2,1H3,(H,13,14)/t10-/m1/s1. The minimum Gasteiger partial charge on any atom is -0.497 e. The molecule has 0 fully saturated rings. The average Bonchev–Trinajstić information content (AvgIpc) is 2.29. The number of ether oxygens (including phenoxy) is 2. The lowest BCUT2D eigenvalue weighted by Crippen LogP contribution is -2.31. The van der Waals surface area contributed by atoms with Crippen LogP contribution in [-0.4, -0.2) is 30.8 Å². The van der Waals surface area contributed by atoms with E-state index in [1.54, 1.807) is 31.4 Å². The third kappa shape index (κ3) is 3.78. The second-order valence-electron chi connectivity index (χ2n) is 3.26. The molecule has 0 heterocycles. The molecule has 0 saturated carbocycles. The third-order valence-electron chi connectivity index (χ3n) is 2.07. The number of hydrogen-bond acceptors (Lipinski definition) is 4. The first-order valence-electron chi connectivity index (χ1n) is 4.88. The summed E-state index contributed by atoms with van der Waals surface area (Å²) in [7, 11) is 1.59. The van der Waals surface area contributed by atoms with Gasteiger partial charge in [-0.2, -0.15) is 0 Å². The highest BCUT2D eigenvalue weighted by atomic mass is 16.5. The van der Waals surface area contributed by atoms with Crippen LogP contribution < -0.4 is 15.2 Å². The van der Waals surface area contributed by atoms with Crippen LogP contribution in [0, 0.1) is 0 Å². The van der Waals surface area contributed by atoms with Crippen LogP contribution in [0.3, 0.4) is 0 Å². The molecule has 1 rings (SSSR count). The molecule has 5 heteroatoms. The van der Waals surface area contributed by atoms with Gasteiger partial charge in [-0.1, -0.05) is 0 Å². The average molecular weight is 225 g/mol. The predicted octanol–water partition coefficient (Wildman–Crippen LogP) is 0.876. The van der Waals surface area contributed by atoms with E-state index in [2.05, 4.69) is 0 Å². The fraction of sp³-hybridized carbons (Fsp3) is 0.364. The highest BCUT2D eigenvalue weighted by Gasteiger charge is 2.10. The maximum absolute atomic E-state index is 10.4. The first-order valence-corrected chi connectivity index (χ1v) is 4.88. The van der Waals surface area contributed by atoms with E-state index in [-0.39, 0.29) is 13.0 Å². The highest BCUT2D eigenvalue weighted by Crippen LogP contribution is 2.17. The summed E-state index contributed by atoms with van der Waals surface area (Å²) >= 11 is 0. The predicted molar refractivity (Wildman–Crippen MR) is 58.7 cm³/mol. The van der Waals surface area contributed by atoms with Gasteiger partial charge >= 0.3 is 5.97 Å². The Morgan fingerprint density at radius 1 is 1.38 bits per heavy atom. The number of rotatable bonds is 6. The summed E-state index contributed by atoms with van der Waals surface area (Å²) in [6.07, 6.45) is 0.279. The van der Waals surface area contributed by atoms with E-state index in [0.29, 0.717) is 5.75 Å². The van der Waals surface area contributed by atoms with E-state index in [1.165, 1.54) is 0 Å². The van der Waals surface area contributed by atoms with Gasteiger partial charge in [-0.3, -0.25) is 4.79 Å². The van der Waals surface area contributed by atoms with Crippen LogP contribution in [0.1, 0.15) is 6.42 Å². The lowest BCUT2D eigenvalue weighted by atomic mass is 10.2. The summed E-state index contributed by atoms with van der Waals surface area (Å²) in [6, 6.07) is 6.17. The quantitative estimate of drug-likeness (QED) is 0.750. The zero-order valence-electron chi connectivity index (χ0n) is 9.05. The number of carbonyl (C=O) groups is 1. The number of nitrogens with two attached hydrogens (primary N) is 1. The van der Waals surface area contributed by atoms with Crippen molar-refractivity contribution in [2.24, 2.45) is 5.73 Å². The van der Waals surface area contributed by atoms with Gasteiger partial charge in [0.1, 0.15) is 17.5 Å². The summed E-state index contributed by atoms with van der Waals surface area (Å²) in [5.74, 6) is 0.395. The van der Waals surface area contributed by atoms with Crippen molar-refractivity contribution in [1.82, 2.24) is 0 Å². The molecule has 1 aromatic rings. The van der Waals surface area contributed by atoms with E-state index in [0.717, 1.165) is 5.75 Å². The van der Waals surface area contributed by atoms with E-state index < -0.39 is 12.0 Å². The molecule has 1 atom stereocenters. The summed E-state index contributed by atoms with van der Waals surface area (Å²) in [5.41, 5.74) is 5.33. The highest BCUT2D eigenvalue weighted by molar-refractivity contribution is 5.72. The molecule has 0 amide bonds. The van der Waals surface area contributed by atoms with Crippen LogP contribution in [0.25, 0.3) is 0 Å². The van der Waals surface area contributed by atoms with Crippen LogP contribution in [0.5, 0.6) is 11.5 Å². The van der Waals surface area contributed by atoms with Crippen LogP contribution in [-0.2, 0) is 4.79 Å². The summed E-state index contributed by atoms with van der Waals surface area (Å²) < 4.78 is 10.3. The molecule has 88 valence electrons. The van der Waals surface area contributed by atoms with Crippen molar-refractivity contribution in [2.45, 2.75) is 12.5 Å². The molecule has 5 nitrogen and oxygen atoms in total. The zero-order valence-corrected chi connectivity index (χ0v) is 9.05. The van der Waals surface area contributed by atoms with Gasteiger partial charge in [0.25, 0.3) is 0 Å². The first-order chi connectivity index (χ1) is 7.63. The van der Waals surface area contributed by atoms with Crippen molar-refractivity contribution in [3.8, 4) is 11.5 Å². The van der Waals surface area contributed by atoms with Crippen molar-refractivity contribution < 1.29 is 19.4 Å². The summed E-state index contributed by atoms with van der Waals surface area (Å²) in [5, 5.41) is 8.55. The molecule has 0 aromatic heterocycles. The maximum Gasteiger partial charge on any atom is 0.320 e. The summed E-state index contributed by atoms with van der Waals surface area (Å²) in [4.78, 5) is 10.4. The van der Waals surface area contributed by atoms with Crippen molar-refractivity contribution >= 4 is 5.97 Å². The third-order valence-corrected chi connectivity index (χ3v) is 2.07. The van der Waals surface area contributed by atoms with Gasteiger partial charge in [-0.05, 0) is 24.3 Å². The van der Waals surface area contributed by atoms with Crippen LogP contribution >= 0.6 is 0 Å². The topological polar surface area (TPSA) is 81.8 Å².